The molecule has 0 amide bonds. The largest absolute Gasteiger partial charge is 0.481 e. The van der Waals surface area contributed by atoms with Crippen LogP contribution in [0.4, 0.5) is 5.69 Å². The van der Waals surface area contributed by atoms with E-state index in [1.54, 1.807) is 0 Å². The van der Waals surface area contributed by atoms with Crippen LogP contribution in [0.5, 0.6) is 0 Å². The Morgan fingerprint density at radius 3 is 2.76 bits per heavy atom. The van der Waals surface area contributed by atoms with Gasteiger partial charge in [0.2, 0.25) is 0 Å². The summed E-state index contributed by atoms with van der Waals surface area (Å²) in [5.74, 6) is -0.764. The summed E-state index contributed by atoms with van der Waals surface area (Å²) in [6.45, 7) is 1.99. The molecule has 0 radical (unpaired) electrons. The first-order valence-electron chi connectivity index (χ1n) is 7.03. The van der Waals surface area contributed by atoms with Gasteiger partial charge in [-0.3, -0.25) is 4.79 Å². The molecule has 21 heavy (non-hydrogen) atoms. The maximum atomic E-state index is 10.6. The van der Waals surface area contributed by atoms with Crippen molar-refractivity contribution in [1.82, 2.24) is 0 Å². The lowest BCUT2D eigenvalue weighted by atomic mass is 10.1. The summed E-state index contributed by atoms with van der Waals surface area (Å²) in [6, 6.07) is 14.0. The number of carboxylic acids is 1. The maximum Gasteiger partial charge on any atom is 0.303 e. The maximum absolute atomic E-state index is 10.6. The third-order valence-corrected chi connectivity index (χ3v) is 3.58. The molecule has 4 nitrogen and oxygen atoms in total. The molecule has 1 aromatic heterocycles. The smallest absolute Gasteiger partial charge is 0.303 e. The number of rotatable bonds is 5. The van der Waals surface area contributed by atoms with Crippen molar-refractivity contribution >= 4 is 33.6 Å². The summed E-state index contributed by atoms with van der Waals surface area (Å²) < 4.78 is 5.79. The van der Waals surface area contributed by atoms with Crippen LogP contribution in [0.25, 0.3) is 21.9 Å². The SMILES string of the molecule is CC(CCC(=O)O)Nc1ccc2oc3ccccc3c2c1. The van der Waals surface area contributed by atoms with E-state index in [0.717, 1.165) is 27.6 Å². The highest BCUT2D eigenvalue weighted by atomic mass is 16.4. The molecule has 3 aromatic rings. The van der Waals surface area contributed by atoms with Crippen LogP contribution in [-0.4, -0.2) is 17.1 Å². The molecule has 0 fully saturated rings. The van der Waals surface area contributed by atoms with Gasteiger partial charge in [-0.25, -0.2) is 0 Å². The molecule has 1 unspecified atom stereocenters. The third-order valence-electron chi connectivity index (χ3n) is 3.58. The number of nitrogens with one attached hydrogen (secondary N) is 1. The molecule has 1 atom stereocenters. The molecular formula is C17H17NO3. The van der Waals surface area contributed by atoms with Crippen molar-refractivity contribution in [1.29, 1.82) is 0 Å². The predicted octanol–water partition coefficient (Wildman–Crippen LogP) is 4.25. The molecule has 1 heterocycles. The highest BCUT2D eigenvalue weighted by Gasteiger charge is 2.09. The van der Waals surface area contributed by atoms with Crippen LogP contribution in [0.2, 0.25) is 0 Å². The Morgan fingerprint density at radius 1 is 1.19 bits per heavy atom. The van der Waals surface area contributed by atoms with Crippen LogP contribution in [0.1, 0.15) is 19.8 Å². The van der Waals surface area contributed by atoms with E-state index in [4.69, 9.17) is 9.52 Å². The first-order chi connectivity index (χ1) is 10.1. The molecule has 0 bridgehead atoms. The number of para-hydroxylation sites is 1. The van der Waals surface area contributed by atoms with E-state index in [-0.39, 0.29) is 12.5 Å². The van der Waals surface area contributed by atoms with E-state index in [9.17, 15) is 4.79 Å². The Kier molecular flexibility index (Phi) is 3.52. The number of carbonyl (C=O) groups is 1. The van der Waals surface area contributed by atoms with Gasteiger partial charge in [-0.1, -0.05) is 18.2 Å². The van der Waals surface area contributed by atoms with Crippen LogP contribution < -0.4 is 5.32 Å². The summed E-state index contributed by atoms with van der Waals surface area (Å²) in [4.78, 5) is 10.6. The highest BCUT2D eigenvalue weighted by molar-refractivity contribution is 6.05. The monoisotopic (exact) mass is 283 g/mol. The van der Waals surface area contributed by atoms with Crippen LogP contribution >= 0.6 is 0 Å². The normalized spacial score (nSPS) is 12.6. The highest BCUT2D eigenvalue weighted by Crippen LogP contribution is 2.30. The van der Waals surface area contributed by atoms with Crippen LogP contribution in [0, 0.1) is 0 Å². The summed E-state index contributed by atoms with van der Waals surface area (Å²) in [5.41, 5.74) is 2.72. The number of benzene rings is 2. The topological polar surface area (TPSA) is 62.5 Å². The quantitative estimate of drug-likeness (QED) is 0.734. The summed E-state index contributed by atoms with van der Waals surface area (Å²) in [6.07, 6.45) is 0.768. The fourth-order valence-electron chi connectivity index (χ4n) is 2.51. The van der Waals surface area contributed by atoms with Gasteiger partial charge in [0, 0.05) is 28.9 Å². The molecule has 108 valence electrons. The molecule has 0 saturated heterocycles. The molecule has 2 N–H and O–H groups in total. The minimum atomic E-state index is -0.764. The van der Waals surface area contributed by atoms with Crippen molar-refractivity contribution in [3.05, 3.63) is 42.5 Å². The zero-order valence-electron chi connectivity index (χ0n) is 11.8. The fraction of sp³-hybridized carbons (Fsp3) is 0.235. The molecule has 3 rings (SSSR count). The first-order valence-corrected chi connectivity index (χ1v) is 7.03. The van der Waals surface area contributed by atoms with Gasteiger partial charge in [-0.15, -0.1) is 0 Å². The van der Waals surface area contributed by atoms with E-state index in [0.29, 0.717) is 6.42 Å². The van der Waals surface area contributed by atoms with Crippen molar-refractivity contribution in [3.63, 3.8) is 0 Å². The van der Waals surface area contributed by atoms with Crippen molar-refractivity contribution in [2.45, 2.75) is 25.8 Å². The molecule has 0 aliphatic rings. The van der Waals surface area contributed by atoms with Gasteiger partial charge in [-0.05, 0) is 37.6 Å². The zero-order chi connectivity index (χ0) is 14.8. The Balaban J connectivity index is 1.86. The molecular weight excluding hydrogens is 266 g/mol. The van der Waals surface area contributed by atoms with Crippen LogP contribution in [0.15, 0.2) is 46.9 Å². The lowest BCUT2D eigenvalue weighted by Crippen LogP contribution is -2.16. The van der Waals surface area contributed by atoms with Crippen molar-refractivity contribution in [2.75, 3.05) is 5.32 Å². The van der Waals surface area contributed by atoms with Crippen LogP contribution in [0.3, 0.4) is 0 Å². The van der Waals surface area contributed by atoms with E-state index in [1.165, 1.54) is 0 Å². The molecule has 2 aromatic carbocycles. The number of fused-ring (bicyclic) bond motifs is 3. The van der Waals surface area contributed by atoms with Crippen molar-refractivity contribution in [2.24, 2.45) is 0 Å². The minimum Gasteiger partial charge on any atom is -0.481 e. The molecule has 4 heteroatoms. The Labute approximate surface area is 122 Å². The summed E-state index contributed by atoms with van der Waals surface area (Å²) >= 11 is 0. The average Bonchev–Trinajstić information content (AvgIpc) is 2.83. The van der Waals surface area contributed by atoms with E-state index >= 15 is 0 Å². The number of hydrogen-bond acceptors (Lipinski definition) is 3. The fourth-order valence-corrected chi connectivity index (χ4v) is 2.51. The average molecular weight is 283 g/mol. The van der Waals surface area contributed by atoms with Gasteiger partial charge < -0.3 is 14.8 Å². The van der Waals surface area contributed by atoms with Crippen LogP contribution in [-0.2, 0) is 4.79 Å². The van der Waals surface area contributed by atoms with E-state index in [2.05, 4.69) is 11.4 Å². The van der Waals surface area contributed by atoms with Gasteiger partial charge in [-0.2, -0.15) is 0 Å². The first kappa shape index (κ1) is 13.5. The summed E-state index contributed by atoms with van der Waals surface area (Å²) in [5, 5.41) is 14.2. The molecule has 0 spiro atoms. The second kappa shape index (κ2) is 5.48. The number of hydrogen-bond donors (Lipinski definition) is 2. The number of aliphatic carboxylic acids is 1. The predicted molar refractivity (Wildman–Crippen MR) is 83.7 cm³/mol. The molecule has 0 saturated carbocycles. The Bertz CT molecular complexity index is 791. The Hall–Kier alpha value is -2.49. The number of furan rings is 1. The third kappa shape index (κ3) is 2.84. The minimum absolute atomic E-state index is 0.108. The summed E-state index contributed by atoms with van der Waals surface area (Å²) in [7, 11) is 0. The van der Waals surface area contributed by atoms with Gasteiger partial charge in [0.25, 0.3) is 0 Å². The van der Waals surface area contributed by atoms with E-state index in [1.807, 2.05) is 43.3 Å². The van der Waals surface area contributed by atoms with Gasteiger partial charge in [0.15, 0.2) is 0 Å². The van der Waals surface area contributed by atoms with E-state index < -0.39 is 5.97 Å². The van der Waals surface area contributed by atoms with Gasteiger partial charge >= 0.3 is 5.97 Å². The lowest BCUT2D eigenvalue weighted by molar-refractivity contribution is -0.137. The lowest BCUT2D eigenvalue weighted by Gasteiger charge is -2.14. The second-order valence-electron chi connectivity index (χ2n) is 5.29. The van der Waals surface area contributed by atoms with Gasteiger partial charge in [0.1, 0.15) is 11.2 Å². The number of carboxylic acid groups (broad SMARTS) is 1. The number of anilines is 1. The molecule has 0 aliphatic heterocycles. The standard InChI is InChI=1S/C17H17NO3/c1-11(6-9-17(19)20)18-12-7-8-16-14(10-12)13-4-2-3-5-15(13)21-16/h2-5,7-8,10-11,18H,6,9H2,1H3,(H,19,20). The van der Waals surface area contributed by atoms with Gasteiger partial charge in [0.05, 0.1) is 0 Å². The van der Waals surface area contributed by atoms with Crippen molar-refractivity contribution in [3.8, 4) is 0 Å². The molecule has 0 aliphatic carbocycles. The van der Waals surface area contributed by atoms with Crippen molar-refractivity contribution < 1.29 is 14.3 Å². The second-order valence-corrected chi connectivity index (χ2v) is 5.29. The Morgan fingerprint density at radius 2 is 1.95 bits per heavy atom. The zero-order valence-corrected chi connectivity index (χ0v) is 11.8.